The van der Waals surface area contributed by atoms with Gasteiger partial charge in [0, 0.05) is 0 Å². The van der Waals surface area contributed by atoms with Crippen molar-refractivity contribution in [1.29, 1.82) is 0 Å². The van der Waals surface area contributed by atoms with Gasteiger partial charge in [-0.05, 0) is 31.4 Å². The summed E-state index contributed by atoms with van der Waals surface area (Å²) in [6.07, 6.45) is 2.75. The summed E-state index contributed by atoms with van der Waals surface area (Å²) in [5.74, 6) is 3.35. The van der Waals surface area contributed by atoms with E-state index in [9.17, 15) is 0 Å². The Balaban J connectivity index is 2.07. The summed E-state index contributed by atoms with van der Waals surface area (Å²) in [5, 5.41) is 10.1. The molecule has 4 nitrogen and oxygen atoms in total. The van der Waals surface area contributed by atoms with Crippen LogP contribution in [0.25, 0.3) is 0 Å². The molecule has 0 fully saturated rings. The van der Waals surface area contributed by atoms with E-state index in [1.54, 1.807) is 6.33 Å². The monoisotopic (exact) mass is 214 g/mol. The highest BCUT2D eigenvalue weighted by atomic mass is 32.2. The van der Waals surface area contributed by atoms with E-state index in [1.165, 1.54) is 17.9 Å². The third kappa shape index (κ3) is 4.11. The zero-order valence-corrected chi connectivity index (χ0v) is 9.60. The lowest BCUT2D eigenvalue weighted by Crippen LogP contribution is -2.21. The van der Waals surface area contributed by atoms with E-state index in [0.29, 0.717) is 0 Å². The highest BCUT2D eigenvalue weighted by Crippen LogP contribution is 2.05. The second-order valence-electron chi connectivity index (χ2n) is 3.10. The molecule has 0 aliphatic rings. The molecule has 1 atom stereocenters. The summed E-state index contributed by atoms with van der Waals surface area (Å²) in [6, 6.07) is 0.268. The van der Waals surface area contributed by atoms with Crippen molar-refractivity contribution in [2.45, 2.75) is 26.3 Å². The molecular formula is C9H18N4S. The number of hydrogen-bond acceptors (Lipinski definition) is 4. The fourth-order valence-corrected chi connectivity index (χ4v) is 1.79. The maximum atomic E-state index is 4.10. The van der Waals surface area contributed by atoms with Gasteiger partial charge in [-0.25, -0.2) is 4.98 Å². The fraction of sp³-hybridized carbons (Fsp3) is 0.778. The molecule has 5 heteroatoms. The Labute approximate surface area is 89.3 Å². The van der Waals surface area contributed by atoms with Crippen LogP contribution in [0.1, 0.15) is 32.1 Å². The Bertz CT molecular complexity index is 225. The molecular weight excluding hydrogens is 196 g/mol. The van der Waals surface area contributed by atoms with Crippen molar-refractivity contribution in [1.82, 2.24) is 20.5 Å². The van der Waals surface area contributed by atoms with Crippen LogP contribution >= 0.6 is 11.8 Å². The van der Waals surface area contributed by atoms with Crippen molar-refractivity contribution < 1.29 is 0 Å². The first-order chi connectivity index (χ1) is 6.84. The van der Waals surface area contributed by atoms with Crippen molar-refractivity contribution in [2.24, 2.45) is 0 Å². The second kappa shape index (κ2) is 6.84. The first kappa shape index (κ1) is 11.5. The minimum atomic E-state index is 0.268. The fourth-order valence-electron chi connectivity index (χ4n) is 1.16. The van der Waals surface area contributed by atoms with Gasteiger partial charge in [0.15, 0.2) is 0 Å². The van der Waals surface area contributed by atoms with E-state index in [1.807, 2.05) is 11.8 Å². The average molecular weight is 214 g/mol. The lowest BCUT2D eigenvalue weighted by molar-refractivity contribution is 0.547. The van der Waals surface area contributed by atoms with Gasteiger partial charge in [0.1, 0.15) is 12.2 Å². The van der Waals surface area contributed by atoms with Crippen molar-refractivity contribution in [3.05, 3.63) is 12.2 Å². The standard InChI is InChI=1S/C9H18N4S/c1-3-14-6-4-5-10-8(2)9-11-7-12-13-9/h7-8,10H,3-6H2,1-2H3,(H,11,12,13). The highest BCUT2D eigenvalue weighted by Gasteiger charge is 2.05. The van der Waals surface area contributed by atoms with Gasteiger partial charge < -0.3 is 5.32 Å². The van der Waals surface area contributed by atoms with E-state index in [2.05, 4.69) is 34.3 Å². The van der Waals surface area contributed by atoms with Crippen molar-refractivity contribution in [2.75, 3.05) is 18.1 Å². The summed E-state index contributed by atoms with van der Waals surface area (Å²) in [5.41, 5.74) is 0. The number of aromatic nitrogens is 3. The van der Waals surface area contributed by atoms with Crippen LogP contribution in [0.4, 0.5) is 0 Å². The first-order valence-corrected chi connectivity index (χ1v) is 6.16. The minimum absolute atomic E-state index is 0.268. The van der Waals surface area contributed by atoms with Gasteiger partial charge in [0.2, 0.25) is 0 Å². The molecule has 0 bridgehead atoms. The van der Waals surface area contributed by atoms with Gasteiger partial charge in [0.05, 0.1) is 6.04 Å². The predicted molar refractivity (Wildman–Crippen MR) is 60.4 cm³/mol. The Morgan fingerprint density at radius 1 is 1.64 bits per heavy atom. The SMILES string of the molecule is CCSCCCNC(C)c1ncn[nH]1. The second-order valence-corrected chi connectivity index (χ2v) is 4.49. The van der Waals surface area contributed by atoms with E-state index >= 15 is 0 Å². The van der Waals surface area contributed by atoms with Crippen molar-refractivity contribution in [3.8, 4) is 0 Å². The predicted octanol–water partition coefficient (Wildman–Crippen LogP) is 1.60. The number of hydrogen-bond donors (Lipinski definition) is 2. The van der Waals surface area contributed by atoms with Crippen LogP contribution in [0, 0.1) is 0 Å². The first-order valence-electron chi connectivity index (χ1n) is 5.01. The van der Waals surface area contributed by atoms with Crippen molar-refractivity contribution >= 4 is 11.8 Å². The average Bonchev–Trinajstić information content (AvgIpc) is 2.70. The Kier molecular flexibility index (Phi) is 5.63. The van der Waals surface area contributed by atoms with Crippen LogP contribution < -0.4 is 5.32 Å². The van der Waals surface area contributed by atoms with Gasteiger partial charge in [-0.15, -0.1) is 0 Å². The molecule has 1 heterocycles. The quantitative estimate of drug-likeness (QED) is 0.677. The minimum Gasteiger partial charge on any atom is -0.308 e. The number of H-pyrrole nitrogens is 1. The molecule has 0 aliphatic heterocycles. The maximum absolute atomic E-state index is 4.10. The van der Waals surface area contributed by atoms with E-state index in [-0.39, 0.29) is 6.04 Å². The van der Waals surface area contributed by atoms with Gasteiger partial charge in [0.25, 0.3) is 0 Å². The van der Waals surface area contributed by atoms with Crippen LogP contribution in [0.5, 0.6) is 0 Å². The molecule has 1 aromatic rings. The number of aromatic amines is 1. The van der Waals surface area contributed by atoms with Crippen LogP contribution in [-0.2, 0) is 0 Å². The summed E-state index contributed by atoms with van der Waals surface area (Å²) >= 11 is 1.98. The number of rotatable bonds is 7. The molecule has 0 aromatic carbocycles. The molecule has 0 saturated carbocycles. The Hall–Kier alpha value is -0.550. The molecule has 0 amide bonds. The molecule has 80 valence electrons. The Morgan fingerprint density at radius 2 is 2.50 bits per heavy atom. The number of nitrogens with one attached hydrogen (secondary N) is 2. The molecule has 0 radical (unpaired) electrons. The molecule has 1 unspecified atom stereocenters. The van der Waals surface area contributed by atoms with Gasteiger partial charge in [-0.3, -0.25) is 5.10 Å². The van der Waals surface area contributed by atoms with Gasteiger partial charge >= 0.3 is 0 Å². The van der Waals surface area contributed by atoms with Gasteiger partial charge in [-0.1, -0.05) is 6.92 Å². The molecule has 1 rings (SSSR count). The maximum Gasteiger partial charge on any atom is 0.141 e. The van der Waals surface area contributed by atoms with E-state index in [0.717, 1.165) is 12.4 Å². The highest BCUT2D eigenvalue weighted by molar-refractivity contribution is 7.99. The zero-order valence-electron chi connectivity index (χ0n) is 8.79. The summed E-state index contributed by atoms with van der Waals surface area (Å²) < 4.78 is 0. The molecule has 2 N–H and O–H groups in total. The number of nitrogens with zero attached hydrogens (tertiary/aromatic N) is 2. The summed E-state index contributed by atoms with van der Waals surface area (Å²) in [6.45, 7) is 5.32. The molecule has 0 aliphatic carbocycles. The van der Waals surface area contributed by atoms with Crippen LogP contribution in [0.2, 0.25) is 0 Å². The summed E-state index contributed by atoms with van der Waals surface area (Å²) in [7, 11) is 0. The van der Waals surface area contributed by atoms with E-state index in [4.69, 9.17) is 0 Å². The smallest absolute Gasteiger partial charge is 0.141 e. The van der Waals surface area contributed by atoms with Crippen LogP contribution in [-0.4, -0.2) is 33.2 Å². The van der Waals surface area contributed by atoms with Crippen molar-refractivity contribution in [3.63, 3.8) is 0 Å². The van der Waals surface area contributed by atoms with Crippen LogP contribution in [0.15, 0.2) is 6.33 Å². The third-order valence-electron chi connectivity index (χ3n) is 1.96. The topological polar surface area (TPSA) is 53.6 Å². The zero-order chi connectivity index (χ0) is 10.2. The van der Waals surface area contributed by atoms with Gasteiger partial charge in [-0.2, -0.15) is 16.9 Å². The molecule has 1 aromatic heterocycles. The Morgan fingerprint density at radius 3 is 3.14 bits per heavy atom. The molecule has 0 spiro atoms. The lowest BCUT2D eigenvalue weighted by atomic mass is 10.3. The third-order valence-corrected chi connectivity index (χ3v) is 2.95. The van der Waals surface area contributed by atoms with E-state index < -0.39 is 0 Å². The normalized spacial score (nSPS) is 13.0. The lowest BCUT2D eigenvalue weighted by Gasteiger charge is -2.09. The molecule has 14 heavy (non-hydrogen) atoms. The summed E-state index contributed by atoms with van der Waals surface area (Å²) in [4.78, 5) is 4.10. The number of thioether (sulfide) groups is 1. The van der Waals surface area contributed by atoms with Crippen LogP contribution in [0.3, 0.4) is 0 Å². The largest absolute Gasteiger partial charge is 0.308 e. The molecule has 0 saturated heterocycles.